The number of rotatable bonds is 5. The van der Waals surface area contributed by atoms with Crippen LogP contribution >= 0.6 is 15.9 Å². The van der Waals surface area contributed by atoms with Gasteiger partial charge in [-0.3, -0.25) is 4.79 Å². The highest BCUT2D eigenvalue weighted by Gasteiger charge is 2.21. The maximum absolute atomic E-state index is 11.6. The molecule has 0 aliphatic heterocycles. The summed E-state index contributed by atoms with van der Waals surface area (Å²) in [5, 5.41) is 7.71. The number of halogens is 1. The summed E-state index contributed by atoms with van der Waals surface area (Å²) in [5.74, 6) is -0.230. The minimum Gasteiger partial charge on any atom is -0.358 e. The second-order valence-electron chi connectivity index (χ2n) is 5.10. The van der Waals surface area contributed by atoms with Crippen molar-refractivity contribution in [1.82, 2.24) is 16.0 Å². The van der Waals surface area contributed by atoms with Gasteiger partial charge in [-0.2, -0.15) is 0 Å². The van der Waals surface area contributed by atoms with Crippen LogP contribution in [-0.2, 0) is 10.2 Å². The molecule has 6 heteroatoms. The Labute approximate surface area is 127 Å². The van der Waals surface area contributed by atoms with Crippen molar-refractivity contribution < 1.29 is 9.59 Å². The number of hydrogen-bond donors (Lipinski definition) is 3. The molecule has 5 nitrogen and oxygen atoms in total. The molecule has 1 aromatic rings. The largest absolute Gasteiger partial charge is 0.358 e. The molecule has 1 rings (SSSR count). The summed E-state index contributed by atoms with van der Waals surface area (Å²) < 4.78 is 1.01. The molecule has 0 aliphatic carbocycles. The van der Waals surface area contributed by atoms with Crippen molar-refractivity contribution in [3.8, 4) is 0 Å². The van der Waals surface area contributed by atoms with Crippen LogP contribution in [0, 0.1) is 0 Å². The zero-order valence-electron chi connectivity index (χ0n) is 11.9. The maximum Gasteiger partial charge on any atom is 0.315 e. The Morgan fingerprint density at radius 2 is 1.95 bits per heavy atom. The number of amides is 3. The summed E-state index contributed by atoms with van der Waals surface area (Å²) in [6.07, 6.45) is 0. The van der Waals surface area contributed by atoms with Gasteiger partial charge in [-0.1, -0.05) is 41.9 Å². The van der Waals surface area contributed by atoms with E-state index in [-0.39, 0.29) is 23.9 Å². The van der Waals surface area contributed by atoms with Gasteiger partial charge in [0.05, 0.1) is 6.54 Å². The van der Waals surface area contributed by atoms with E-state index in [2.05, 4.69) is 31.9 Å². The summed E-state index contributed by atoms with van der Waals surface area (Å²) in [7, 11) is 1.53. The van der Waals surface area contributed by atoms with E-state index >= 15 is 0 Å². The molecule has 0 unspecified atom stereocenters. The summed E-state index contributed by atoms with van der Waals surface area (Å²) in [5.41, 5.74) is 0.923. The maximum atomic E-state index is 11.6. The lowest BCUT2D eigenvalue weighted by atomic mass is 9.85. The number of nitrogens with one attached hydrogen (secondary N) is 3. The summed E-state index contributed by atoms with van der Waals surface area (Å²) >= 11 is 3.44. The Balaban J connectivity index is 2.51. The van der Waals surface area contributed by atoms with Crippen molar-refractivity contribution in [1.29, 1.82) is 0 Å². The van der Waals surface area contributed by atoms with Gasteiger partial charge in [0.1, 0.15) is 0 Å². The van der Waals surface area contributed by atoms with Crippen LogP contribution in [0.5, 0.6) is 0 Å². The van der Waals surface area contributed by atoms with E-state index in [1.165, 1.54) is 7.05 Å². The van der Waals surface area contributed by atoms with E-state index in [4.69, 9.17) is 0 Å². The minimum atomic E-state index is -0.350. The Kier molecular flexibility index (Phi) is 6.01. The second-order valence-corrected chi connectivity index (χ2v) is 6.02. The third-order valence-electron chi connectivity index (χ3n) is 2.99. The van der Waals surface area contributed by atoms with Gasteiger partial charge in [0, 0.05) is 23.5 Å². The van der Waals surface area contributed by atoms with E-state index < -0.39 is 0 Å². The Morgan fingerprint density at radius 3 is 2.55 bits per heavy atom. The first-order chi connectivity index (χ1) is 9.35. The lowest BCUT2D eigenvalue weighted by molar-refractivity contribution is -0.119. The lowest BCUT2D eigenvalue weighted by Crippen LogP contribution is -2.45. The van der Waals surface area contributed by atoms with E-state index in [1.54, 1.807) is 0 Å². The molecule has 3 N–H and O–H groups in total. The van der Waals surface area contributed by atoms with Crippen LogP contribution in [0.1, 0.15) is 19.4 Å². The Morgan fingerprint density at radius 1 is 1.25 bits per heavy atom. The van der Waals surface area contributed by atoms with Gasteiger partial charge in [0.15, 0.2) is 0 Å². The van der Waals surface area contributed by atoms with E-state index in [1.807, 2.05) is 38.1 Å². The fraction of sp³-hybridized carbons (Fsp3) is 0.429. The van der Waals surface area contributed by atoms with E-state index in [0.29, 0.717) is 6.54 Å². The normalized spacial score (nSPS) is 10.8. The molecule has 3 amide bonds. The molecule has 0 spiro atoms. The first-order valence-electron chi connectivity index (χ1n) is 6.33. The summed E-state index contributed by atoms with van der Waals surface area (Å²) in [6.45, 7) is 4.55. The van der Waals surface area contributed by atoms with Crippen LogP contribution in [0.3, 0.4) is 0 Å². The third kappa shape index (κ3) is 5.21. The average molecular weight is 342 g/mol. The highest BCUT2D eigenvalue weighted by molar-refractivity contribution is 9.10. The zero-order chi connectivity index (χ0) is 15.2. The molecule has 0 heterocycles. The van der Waals surface area contributed by atoms with Crippen molar-refractivity contribution in [3.05, 3.63) is 34.3 Å². The smallest absolute Gasteiger partial charge is 0.315 e. The van der Waals surface area contributed by atoms with Gasteiger partial charge >= 0.3 is 6.03 Å². The number of carbonyl (C=O) groups is 2. The standard InChI is InChI=1S/C14H20BrN3O2/c1-14(2,10-5-4-6-11(15)7-10)9-18-13(20)17-8-12(19)16-3/h4-7H,8-9H2,1-3H3,(H,16,19)(H2,17,18,20). The van der Waals surface area contributed by atoms with Crippen LogP contribution < -0.4 is 16.0 Å². The fourth-order valence-corrected chi connectivity index (χ4v) is 2.02. The van der Waals surface area contributed by atoms with Gasteiger partial charge in [-0.15, -0.1) is 0 Å². The van der Waals surface area contributed by atoms with Crippen LogP contribution in [0.2, 0.25) is 0 Å². The predicted octanol–water partition coefficient (Wildman–Crippen LogP) is 1.77. The Hall–Kier alpha value is -1.56. The molecule has 0 atom stereocenters. The topological polar surface area (TPSA) is 70.2 Å². The number of urea groups is 1. The molecule has 0 saturated carbocycles. The van der Waals surface area contributed by atoms with Crippen LogP contribution in [0.4, 0.5) is 4.79 Å². The van der Waals surface area contributed by atoms with Crippen LogP contribution in [0.15, 0.2) is 28.7 Å². The Bertz CT molecular complexity index is 489. The molecular formula is C14H20BrN3O2. The van der Waals surface area contributed by atoms with Crippen LogP contribution in [0.25, 0.3) is 0 Å². The van der Waals surface area contributed by atoms with Gasteiger partial charge in [0.25, 0.3) is 0 Å². The molecule has 0 radical (unpaired) electrons. The van der Waals surface area contributed by atoms with Crippen LogP contribution in [-0.4, -0.2) is 32.1 Å². The first kappa shape index (κ1) is 16.5. The molecule has 0 fully saturated rings. The van der Waals surface area contributed by atoms with Crippen molar-refractivity contribution >= 4 is 27.9 Å². The van der Waals surface area contributed by atoms with E-state index in [9.17, 15) is 9.59 Å². The van der Waals surface area contributed by atoms with Gasteiger partial charge in [-0.25, -0.2) is 4.79 Å². The molecule has 0 aromatic heterocycles. The van der Waals surface area contributed by atoms with Gasteiger partial charge in [0.2, 0.25) is 5.91 Å². The van der Waals surface area contributed by atoms with Gasteiger partial charge < -0.3 is 16.0 Å². The highest BCUT2D eigenvalue weighted by atomic mass is 79.9. The number of benzene rings is 1. The zero-order valence-corrected chi connectivity index (χ0v) is 13.5. The third-order valence-corrected chi connectivity index (χ3v) is 3.48. The van der Waals surface area contributed by atoms with Crippen molar-refractivity contribution in [3.63, 3.8) is 0 Å². The van der Waals surface area contributed by atoms with Crippen molar-refractivity contribution in [2.24, 2.45) is 0 Å². The minimum absolute atomic E-state index is 0.0281. The number of carbonyl (C=O) groups excluding carboxylic acids is 2. The van der Waals surface area contributed by atoms with Gasteiger partial charge in [-0.05, 0) is 17.7 Å². The first-order valence-corrected chi connectivity index (χ1v) is 7.13. The molecule has 1 aromatic carbocycles. The average Bonchev–Trinajstić information content (AvgIpc) is 2.42. The molecule has 110 valence electrons. The molecule has 20 heavy (non-hydrogen) atoms. The highest BCUT2D eigenvalue weighted by Crippen LogP contribution is 2.24. The molecular weight excluding hydrogens is 322 g/mol. The van der Waals surface area contributed by atoms with Crippen molar-refractivity contribution in [2.75, 3.05) is 20.1 Å². The predicted molar refractivity (Wildman–Crippen MR) is 82.6 cm³/mol. The monoisotopic (exact) mass is 341 g/mol. The number of likely N-dealkylation sites (N-methyl/N-ethyl adjacent to an activating group) is 1. The summed E-state index contributed by atoms with van der Waals surface area (Å²) in [4.78, 5) is 22.6. The molecule has 0 aliphatic rings. The van der Waals surface area contributed by atoms with E-state index in [0.717, 1.165) is 10.0 Å². The van der Waals surface area contributed by atoms with Crippen molar-refractivity contribution in [2.45, 2.75) is 19.3 Å². The second kappa shape index (κ2) is 7.28. The molecule has 0 bridgehead atoms. The summed E-state index contributed by atoms with van der Waals surface area (Å²) in [6, 6.07) is 7.63. The SMILES string of the molecule is CNC(=O)CNC(=O)NCC(C)(C)c1cccc(Br)c1. The number of hydrogen-bond acceptors (Lipinski definition) is 2. The quantitative estimate of drug-likeness (QED) is 0.763. The lowest BCUT2D eigenvalue weighted by Gasteiger charge is -2.26. The fourth-order valence-electron chi connectivity index (χ4n) is 1.62. The molecule has 0 saturated heterocycles.